The molecule has 0 spiro atoms. The van der Waals surface area contributed by atoms with Gasteiger partial charge in [0.15, 0.2) is 5.89 Å². The second kappa shape index (κ2) is 7.02. The van der Waals surface area contributed by atoms with Gasteiger partial charge in [0.1, 0.15) is 5.60 Å². The Morgan fingerprint density at radius 2 is 2.04 bits per heavy atom. The molecule has 1 saturated heterocycles. The summed E-state index contributed by atoms with van der Waals surface area (Å²) < 4.78 is 10.9. The summed E-state index contributed by atoms with van der Waals surface area (Å²) in [5, 5.41) is 2.68. The van der Waals surface area contributed by atoms with Crippen LogP contribution in [0.15, 0.2) is 10.6 Å². The van der Waals surface area contributed by atoms with Gasteiger partial charge in [-0.15, -0.1) is 0 Å². The third kappa shape index (κ3) is 4.71. The Bertz CT molecular complexity index is 554. The maximum atomic E-state index is 12.0. The number of nitrogens with one attached hydrogen (secondary N) is 1. The van der Waals surface area contributed by atoms with E-state index in [1.54, 1.807) is 4.90 Å². The van der Waals surface area contributed by atoms with Crippen molar-refractivity contribution < 1.29 is 18.7 Å². The van der Waals surface area contributed by atoms with E-state index >= 15 is 0 Å². The van der Waals surface area contributed by atoms with Crippen LogP contribution in [0, 0.1) is 0 Å². The number of ether oxygens (including phenoxy) is 1. The Morgan fingerprint density at radius 1 is 1.39 bits per heavy atom. The highest BCUT2D eigenvalue weighted by atomic mass is 16.6. The van der Waals surface area contributed by atoms with E-state index < -0.39 is 5.60 Å². The number of carbonyl (C=O) groups is 2. The third-order valence-electron chi connectivity index (χ3n) is 3.58. The van der Waals surface area contributed by atoms with Crippen LogP contribution in [0.1, 0.15) is 62.9 Å². The van der Waals surface area contributed by atoms with Crippen molar-refractivity contribution in [2.45, 2.75) is 52.1 Å². The molecule has 128 valence electrons. The minimum absolute atomic E-state index is 0.122. The number of oxazole rings is 1. The number of hydrogen-bond donors (Lipinski definition) is 1. The monoisotopic (exact) mass is 323 g/mol. The van der Waals surface area contributed by atoms with Gasteiger partial charge in [-0.1, -0.05) is 0 Å². The van der Waals surface area contributed by atoms with Crippen molar-refractivity contribution in [3.8, 4) is 0 Å². The normalized spacial score (nSPS) is 16.3. The van der Waals surface area contributed by atoms with Crippen LogP contribution in [0.5, 0.6) is 0 Å². The molecule has 0 aromatic carbocycles. The van der Waals surface area contributed by atoms with Gasteiger partial charge in [-0.25, -0.2) is 9.78 Å². The molecule has 1 aliphatic heterocycles. The van der Waals surface area contributed by atoms with Gasteiger partial charge in [-0.05, 0) is 40.5 Å². The first kappa shape index (κ1) is 17.3. The molecule has 1 fully saturated rings. The lowest BCUT2D eigenvalue weighted by Crippen LogP contribution is -2.41. The molecule has 1 aromatic heterocycles. The molecule has 0 atom stereocenters. The standard InChI is InChI=1S/C16H25N3O4/c1-5-17-13(20)12-10-18-14(22-12)11-6-8-19(9-7-11)15(21)23-16(2,3)4/h10-11H,5-9H2,1-4H3,(H,17,20). The molecule has 0 bridgehead atoms. The second-order valence-electron chi connectivity index (χ2n) is 6.66. The number of nitrogens with zero attached hydrogens (tertiary/aromatic N) is 2. The summed E-state index contributed by atoms with van der Waals surface area (Å²) in [5.74, 6) is 0.667. The van der Waals surface area contributed by atoms with E-state index in [2.05, 4.69) is 10.3 Å². The van der Waals surface area contributed by atoms with Crippen molar-refractivity contribution in [3.63, 3.8) is 0 Å². The van der Waals surface area contributed by atoms with E-state index in [1.165, 1.54) is 6.20 Å². The zero-order valence-electron chi connectivity index (χ0n) is 14.2. The van der Waals surface area contributed by atoms with Gasteiger partial charge in [0.2, 0.25) is 5.76 Å². The summed E-state index contributed by atoms with van der Waals surface area (Å²) >= 11 is 0. The quantitative estimate of drug-likeness (QED) is 0.924. The highest BCUT2D eigenvalue weighted by molar-refractivity contribution is 5.91. The Hall–Kier alpha value is -2.05. The number of rotatable bonds is 3. The fourth-order valence-corrected chi connectivity index (χ4v) is 2.46. The molecule has 1 aliphatic rings. The lowest BCUT2D eigenvalue weighted by Gasteiger charge is -2.32. The van der Waals surface area contributed by atoms with Gasteiger partial charge in [-0.2, -0.15) is 0 Å². The number of carbonyl (C=O) groups excluding carboxylic acids is 2. The van der Waals surface area contributed by atoms with Crippen LogP contribution in [0.4, 0.5) is 4.79 Å². The third-order valence-corrected chi connectivity index (χ3v) is 3.58. The number of aromatic nitrogens is 1. The fraction of sp³-hybridized carbons (Fsp3) is 0.688. The van der Waals surface area contributed by atoms with Crippen LogP contribution in [0.25, 0.3) is 0 Å². The molecule has 2 amide bonds. The Balaban J connectivity index is 1.89. The number of piperidine rings is 1. The summed E-state index contributed by atoms with van der Waals surface area (Å²) in [7, 11) is 0. The summed E-state index contributed by atoms with van der Waals surface area (Å²) in [4.78, 5) is 29.6. The molecular formula is C16H25N3O4. The molecule has 23 heavy (non-hydrogen) atoms. The Morgan fingerprint density at radius 3 is 2.61 bits per heavy atom. The van der Waals surface area contributed by atoms with Crippen molar-refractivity contribution in [1.82, 2.24) is 15.2 Å². The average Bonchev–Trinajstić information content (AvgIpc) is 2.96. The number of amides is 2. The molecule has 7 nitrogen and oxygen atoms in total. The largest absolute Gasteiger partial charge is 0.444 e. The van der Waals surface area contributed by atoms with Gasteiger partial charge >= 0.3 is 6.09 Å². The van der Waals surface area contributed by atoms with Crippen molar-refractivity contribution in [2.75, 3.05) is 19.6 Å². The van der Waals surface area contributed by atoms with Crippen LogP contribution < -0.4 is 5.32 Å². The summed E-state index contributed by atoms with van der Waals surface area (Å²) in [6.07, 6.45) is 2.66. The predicted octanol–water partition coefficient (Wildman–Crippen LogP) is 2.54. The molecule has 0 saturated carbocycles. The maximum absolute atomic E-state index is 12.0. The summed E-state index contributed by atoms with van der Waals surface area (Å²) in [6.45, 7) is 9.15. The number of likely N-dealkylation sites (tertiary alicyclic amines) is 1. The molecule has 1 aromatic rings. The molecule has 0 radical (unpaired) electrons. The van der Waals surface area contributed by atoms with Crippen molar-refractivity contribution in [1.29, 1.82) is 0 Å². The Kier molecular flexibility index (Phi) is 5.28. The molecule has 0 aliphatic carbocycles. The highest BCUT2D eigenvalue weighted by Gasteiger charge is 2.29. The van der Waals surface area contributed by atoms with E-state index in [0.717, 1.165) is 12.8 Å². The topological polar surface area (TPSA) is 84.7 Å². The van der Waals surface area contributed by atoms with Crippen LogP contribution >= 0.6 is 0 Å². The number of hydrogen-bond acceptors (Lipinski definition) is 5. The van der Waals surface area contributed by atoms with Crippen LogP contribution in [0.3, 0.4) is 0 Å². The zero-order valence-corrected chi connectivity index (χ0v) is 14.2. The van der Waals surface area contributed by atoms with E-state index in [-0.39, 0.29) is 23.7 Å². The molecule has 1 N–H and O–H groups in total. The SMILES string of the molecule is CCNC(=O)c1cnc(C2CCN(C(=O)OC(C)(C)C)CC2)o1. The minimum atomic E-state index is -0.488. The summed E-state index contributed by atoms with van der Waals surface area (Å²) in [6, 6.07) is 0. The van der Waals surface area contributed by atoms with Crippen LogP contribution in [0.2, 0.25) is 0 Å². The van der Waals surface area contributed by atoms with Crippen LogP contribution in [-0.4, -0.2) is 47.1 Å². The van der Waals surface area contributed by atoms with E-state index in [0.29, 0.717) is 25.5 Å². The van der Waals surface area contributed by atoms with Gasteiger partial charge in [0.05, 0.1) is 6.20 Å². The van der Waals surface area contributed by atoms with Crippen molar-refractivity contribution in [2.24, 2.45) is 0 Å². The highest BCUT2D eigenvalue weighted by Crippen LogP contribution is 2.28. The second-order valence-corrected chi connectivity index (χ2v) is 6.66. The predicted molar refractivity (Wildman–Crippen MR) is 84.3 cm³/mol. The Labute approximate surface area is 136 Å². The zero-order chi connectivity index (χ0) is 17.0. The molecule has 2 rings (SSSR count). The smallest absolute Gasteiger partial charge is 0.410 e. The van der Waals surface area contributed by atoms with E-state index in [9.17, 15) is 9.59 Å². The first-order chi connectivity index (χ1) is 10.8. The molecule has 7 heteroatoms. The van der Waals surface area contributed by atoms with Gasteiger partial charge in [0, 0.05) is 25.6 Å². The average molecular weight is 323 g/mol. The van der Waals surface area contributed by atoms with Crippen molar-refractivity contribution >= 4 is 12.0 Å². The van der Waals surface area contributed by atoms with Gasteiger partial charge in [0.25, 0.3) is 5.91 Å². The first-order valence-electron chi connectivity index (χ1n) is 8.02. The minimum Gasteiger partial charge on any atom is -0.444 e. The van der Waals surface area contributed by atoms with E-state index in [1.807, 2.05) is 27.7 Å². The van der Waals surface area contributed by atoms with E-state index in [4.69, 9.17) is 9.15 Å². The maximum Gasteiger partial charge on any atom is 0.410 e. The van der Waals surface area contributed by atoms with Gasteiger partial charge in [-0.3, -0.25) is 4.79 Å². The fourth-order valence-electron chi connectivity index (χ4n) is 2.46. The molecule has 0 unspecified atom stereocenters. The van der Waals surface area contributed by atoms with Gasteiger partial charge < -0.3 is 19.4 Å². The molecular weight excluding hydrogens is 298 g/mol. The molecule has 2 heterocycles. The van der Waals surface area contributed by atoms with Crippen LogP contribution in [-0.2, 0) is 4.74 Å². The van der Waals surface area contributed by atoms with Crippen molar-refractivity contribution in [3.05, 3.63) is 17.8 Å². The first-order valence-corrected chi connectivity index (χ1v) is 8.02. The summed E-state index contributed by atoms with van der Waals surface area (Å²) in [5.41, 5.74) is -0.488. The lowest BCUT2D eigenvalue weighted by molar-refractivity contribution is 0.0199. The lowest BCUT2D eigenvalue weighted by atomic mass is 9.97.